The first kappa shape index (κ1) is 26.1. The molecule has 10 nitrogen and oxygen atoms in total. The van der Waals surface area contributed by atoms with E-state index in [1.165, 1.54) is 56.4 Å². The molecule has 1 amide bonds. The summed E-state index contributed by atoms with van der Waals surface area (Å²) in [6.45, 7) is 0.296. The number of rotatable bonds is 8. The summed E-state index contributed by atoms with van der Waals surface area (Å²) in [4.78, 5) is 28.2. The molecule has 0 fully saturated rings. The molecule has 1 atom stereocenters. The number of hydrogen-bond acceptors (Lipinski definition) is 7. The van der Waals surface area contributed by atoms with E-state index >= 15 is 4.39 Å². The van der Waals surface area contributed by atoms with E-state index < -0.39 is 28.8 Å². The molecule has 3 aromatic rings. The lowest BCUT2D eigenvalue weighted by Crippen LogP contribution is -2.25. The summed E-state index contributed by atoms with van der Waals surface area (Å²) in [6.07, 6.45) is -0.756. The highest BCUT2D eigenvalue weighted by Crippen LogP contribution is 2.35. The number of benzene rings is 2. The molecule has 1 heterocycles. The molecule has 0 aliphatic rings. The van der Waals surface area contributed by atoms with Crippen LogP contribution >= 0.6 is 0 Å². The number of anilines is 1. The molecule has 0 bridgehead atoms. The highest BCUT2D eigenvalue weighted by Gasteiger charge is 2.22. The minimum Gasteiger partial charge on any atom is -0.496 e. The van der Waals surface area contributed by atoms with Gasteiger partial charge in [-0.05, 0) is 31.3 Å². The van der Waals surface area contributed by atoms with Gasteiger partial charge in [-0.3, -0.25) is 9.27 Å². The lowest BCUT2D eigenvalue weighted by molar-refractivity contribution is 0.172. The number of amides is 1. The van der Waals surface area contributed by atoms with Crippen molar-refractivity contribution in [2.75, 3.05) is 40.0 Å². The van der Waals surface area contributed by atoms with Crippen LogP contribution in [0.3, 0.4) is 0 Å². The minimum atomic E-state index is -2.46. The van der Waals surface area contributed by atoms with Crippen LogP contribution in [0.5, 0.6) is 11.5 Å². The SMILES string of the molecule is COc1cc(OC(=O)N(C)C)cc2oc(=O)c(Cc3cccc(NS(=O)O)c3F)c(CN(C)C)c12. The summed E-state index contributed by atoms with van der Waals surface area (Å²) < 4.78 is 53.7. The molecule has 2 aromatic carbocycles. The molecule has 35 heavy (non-hydrogen) atoms. The zero-order valence-corrected chi connectivity index (χ0v) is 20.7. The molecule has 0 saturated carbocycles. The molecular formula is C23H26FN3O7S. The van der Waals surface area contributed by atoms with Gasteiger partial charge in [0.05, 0.1) is 18.2 Å². The maximum atomic E-state index is 15.0. The number of halogens is 1. The van der Waals surface area contributed by atoms with Crippen molar-refractivity contribution in [2.45, 2.75) is 13.0 Å². The van der Waals surface area contributed by atoms with Crippen LogP contribution in [0.1, 0.15) is 16.7 Å². The molecule has 0 aliphatic carbocycles. The molecule has 0 spiro atoms. The number of fused-ring (bicyclic) bond motifs is 1. The standard InChI is InChI=1S/C23H26FN3O7S/c1-26(2)12-16-15(9-13-7-6-8-17(21(13)24)25-35(30)31)22(28)34-19-11-14(33-23(29)27(3)4)10-18(32-5)20(16)19/h6-8,10-11,25H,9,12H2,1-5H3,(H,30,31). The zero-order valence-electron chi connectivity index (χ0n) is 19.9. The van der Waals surface area contributed by atoms with Gasteiger partial charge in [0.15, 0.2) is 5.82 Å². The van der Waals surface area contributed by atoms with Crippen molar-refractivity contribution >= 4 is 34.0 Å². The van der Waals surface area contributed by atoms with Gasteiger partial charge in [0.1, 0.15) is 17.1 Å². The topological polar surface area (TPSA) is 122 Å². The summed E-state index contributed by atoms with van der Waals surface area (Å²) in [5, 5.41) is 0.478. The van der Waals surface area contributed by atoms with Crippen LogP contribution in [0.4, 0.5) is 14.9 Å². The summed E-state index contributed by atoms with van der Waals surface area (Å²) in [6, 6.07) is 7.23. The zero-order chi connectivity index (χ0) is 25.9. The van der Waals surface area contributed by atoms with E-state index in [4.69, 9.17) is 18.4 Å². The number of nitrogens with one attached hydrogen (secondary N) is 1. The number of methoxy groups -OCH3 is 1. The molecule has 0 radical (unpaired) electrons. The number of carbonyl (C=O) groups excluding carboxylic acids is 1. The van der Waals surface area contributed by atoms with Crippen LogP contribution in [0.25, 0.3) is 11.0 Å². The Morgan fingerprint density at radius 3 is 2.51 bits per heavy atom. The fraction of sp³-hybridized carbons (Fsp3) is 0.304. The number of hydrogen-bond donors (Lipinski definition) is 2. The van der Waals surface area contributed by atoms with Crippen LogP contribution in [0.2, 0.25) is 0 Å². The third-order valence-corrected chi connectivity index (χ3v) is 5.46. The first-order valence-electron chi connectivity index (χ1n) is 10.4. The van der Waals surface area contributed by atoms with E-state index in [2.05, 4.69) is 4.72 Å². The molecule has 2 N–H and O–H groups in total. The maximum absolute atomic E-state index is 15.0. The Labute approximate surface area is 203 Å². The highest BCUT2D eigenvalue weighted by atomic mass is 32.2. The number of ether oxygens (including phenoxy) is 2. The normalized spacial score (nSPS) is 12.0. The third-order valence-electron chi connectivity index (χ3n) is 5.06. The minimum absolute atomic E-state index is 0.126. The van der Waals surface area contributed by atoms with Crippen LogP contribution in [-0.4, -0.2) is 60.0 Å². The lowest BCUT2D eigenvalue weighted by Gasteiger charge is -2.19. The van der Waals surface area contributed by atoms with Gasteiger partial charge in [-0.25, -0.2) is 18.2 Å². The predicted octanol–water partition coefficient (Wildman–Crippen LogP) is 3.20. The number of carbonyl (C=O) groups is 1. The fourth-order valence-electron chi connectivity index (χ4n) is 3.54. The van der Waals surface area contributed by atoms with Crippen molar-refractivity contribution in [3.05, 3.63) is 63.3 Å². The molecule has 3 rings (SSSR count). The molecule has 188 valence electrons. The first-order chi connectivity index (χ1) is 16.5. The Hall–Kier alpha value is -3.48. The van der Waals surface area contributed by atoms with Crippen molar-refractivity contribution in [1.82, 2.24) is 9.80 Å². The first-order valence-corrected chi connectivity index (χ1v) is 11.5. The largest absolute Gasteiger partial charge is 0.496 e. The highest BCUT2D eigenvalue weighted by molar-refractivity contribution is 7.80. The Morgan fingerprint density at radius 2 is 1.91 bits per heavy atom. The van der Waals surface area contributed by atoms with E-state index in [1.807, 2.05) is 19.0 Å². The second-order valence-corrected chi connectivity index (χ2v) is 8.85. The van der Waals surface area contributed by atoms with Gasteiger partial charge < -0.3 is 23.7 Å². The summed E-state index contributed by atoms with van der Waals surface area (Å²) in [7, 11) is 8.12. The third kappa shape index (κ3) is 5.96. The monoisotopic (exact) mass is 507 g/mol. The summed E-state index contributed by atoms with van der Waals surface area (Å²) >= 11 is -2.46. The predicted molar refractivity (Wildman–Crippen MR) is 130 cm³/mol. The molecule has 12 heteroatoms. The lowest BCUT2D eigenvalue weighted by atomic mass is 9.97. The van der Waals surface area contributed by atoms with Gasteiger partial charge in [0.2, 0.25) is 0 Å². The van der Waals surface area contributed by atoms with Crippen LogP contribution < -0.4 is 19.8 Å². The Balaban J connectivity index is 2.21. The molecule has 1 aromatic heterocycles. The second-order valence-electron chi connectivity index (χ2n) is 8.15. The van der Waals surface area contributed by atoms with E-state index in [0.29, 0.717) is 23.2 Å². The second kappa shape index (κ2) is 10.8. The number of nitrogens with zero attached hydrogens (tertiary/aromatic N) is 2. The van der Waals surface area contributed by atoms with E-state index in [9.17, 15) is 13.8 Å². The van der Waals surface area contributed by atoms with Gasteiger partial charge in [0.25, 0.3) is 11.3 Å². The summed E-state index contributed by atoms with van der Waals surface area (Å²) in [5.41, 5.74) is 0.144. The van der Waals surface area contributed by atoms with Gasteiger partial charge >= 0.3 is 11.7 Å². The van der Waals surface area contributed by atoms with Gasteiger partial charge in [0, 0.05) is 44.8 Å². The van der Waals surface area contributed by atoms with Gasteiger partial charge in [-0.15, -0.1) is 0 Å². The van der Waals surface area contributed by atoms with Crippen molar-refractivity contribution in [3.63, 3.8) is 0 Å². The maximum Gasteiger partial charge on any atom is 0.414 e. The Bertz CT molecular complexity index is 1340. The van der Waals surface area contributed by atoms with Gasteiger partial charge in [-0.1, -0.05) is 12.1 Å². The van der Waals surface area contributed by atoms with Gasteiger partial charge in [-0.2, -0.15) is 0 Å². The van der Waals surface area contributed by atoms with E-state index in [0.717, 1.165) is 0 Å². The smallest absolute Gasteiger partial charge is 0.414 e. The molecule has 0 saturated heterocycles. The van der Waals surface area contributed by atoms with Crippen molar-refractivity contribution < 1.29 is 31.8 Å². The fourth-order valence-corrected chi connectivity index (χ4v) is 3.89. The van der Waals surface area contributed by atoms with Crippen LogP contribution in [-0.2, 0) is 24.2 Å². The molecule has 1 unspecified atom stereocenters. The van der Waals surface area contributed by atoms with Crippen LogP contribution in [0.15, 0.2) is 39.5 Å². The van der Waals surface area contributed by atoms with Crippen molar-refractivity contribution in [2.24, 2.45) is 0 Å². The van der Waals surface area contributed by atoms with Crippen LogP contribution in [0, 0.1) is 5.82 Å². The van der Waals surface area contributed by atoms with Crippen molar-refractivity contribution in [3.8, 4) is 11.5 Å². The molecule has 0 aliphatic heterocycles. The quantitative estimate of drug-likeness (QED) is 0.352. The van der Waals surface area contributed by atoms with E-state index in [-0.39, 0.29) is 34.6 Å². The Morgan fingerprint density at radius 1 is 1.20 bits per heavy atom. The molecular weight excluding hydrogens is 481 g/mol. The summed E-state index contributed by atoms with van der Waals surface area (Å²) in [5.74, 6) is -0.331. The average molecular weight is 508 g/mol. The average Bonchev–Trinajstić information content (AvgIpc) is 2.77. The Kier molecular flexibility index (Phi) is 8.10. The van der Waals surface area contributed by atoms with Crippen molar-refractivity contribution in [1.29, 1.82) is 0 Å². The van der Waals surface area contributed by atoms with E-state index in [1.54, 1.807) is 0 Å².